The summed E-state index contributed by atoms with van der Waals surface area (Å²) < 4.78 is 0. The molecule has 1 aromatic carbocycles. The Morgan fingerprint density at radius 2 is 2.18 bits per heavy atom. The summed E-state index contributed by atoms with van der Waals surface area (Å²) in [7, 11) is 0. The van der Waals surface area contributed by atoms with Gasteiger partial charge in [-0.1, -0.05) is 18.2 Å². The standard InChI is InChI=1S/C8H10N2O/c9-8-4-2-1-3-7(8)5-10-6-11/h1-4,6H,5,9H2,(H,10,11). The van der Waals surface area contributed by atoms with Gasteiger partial charge in [-0.05, 0) is 11.6 Å². The van der Waals surface area contributed by atoms with Gasteiger partial charge in [0, 0.05) is 12.2 Å². The lowest BCUT2D eigenvalue weighted by Gasteiger charge is -2.02. The van der Waals surface area contributed by atoms with Crippen molar-refractivity contribution in [3.05, 3.63) is 29.8 Å². The summed E-state index contributed by atoms with van der Waals surface area (Å²) in [4.78, 5) is 9.94. The zero-order chi connectivity index (χ0) is 8.10. The Morgan fingerprint density at radius 1 is 1.45 bits per heavy atom. The number of carbonyl (C=O) groups is 1. The second-order valence-electron chi connectivity index (χ2n) is 2.20. The van der Waals surface area contributed by atoms with Crippen molar-refractivity contribution < 1.29 is 4.79 Å². The average Bonchev–Trinajstić information content (AvgIpc) is 2.03. The summed E-state index contributed by atoms with van der Waals surface area (Å²) in [5.74, 6) is 0. The lowest BCUT2D eigenvalue weighted by atomic mass is 10.2. The fraction of sp³-hybridized carbons (Fsp3) is 0.125. The number of nitrogen functional groups attached to an aromatic ring is 1. The minimum Gasteiger partial charge on any atom is -0.398 e. The third-order valence-corrected chi connectivity index (χ3v) is 1.43. The van der Waals surface area contributed by atoms with Gasteiger partial charge >= 0.3 is 0 Å². The third-order valence-electron chi connectivity index (χ3n) is 1.43. The Morgan fingerprint density at radius 3 is 2.82 bits per heavy atom. The van der Waals surface area contributed by atoms with Crippen LogP contribution in [-0.4, -0.2) is 6.41 Å². The van der Waals surface area contributed by atoms with E-state index < -0.39 is 0 Å². The molecule has 0 aromatic heterocycles. The predicted molar refractivity (Wildman–Crippen MR) is 43.8 cm³/mol. The number of rotatable bonds is 3. The van der Waals surface area contributed by atoms with E-state index in [1.807, 2.05) is 24.3 Å². The topological polar surface area (TPSA) is 55.1 Å². The molecule has 11 heavy (non-hydrogen) atoms. The molecule has 3 heteroatoms. The SMILES string of the molecule is Nc1ccccc1CNC=O. The highest BCUT2D eigenvalue weighted by Crippen LogP contribution is 2.08. The van der Waals surface area contributed by atoms with E-state index in [-0.39, 0.29) is 0 Å². The number of carbonyl (C=O) groups excluding carboxylic acids is 1. The Balaban J connectivity index is 2.69. The zero-order valence-electron chi connectivity index (χ0n) is 6.08. The van der Waals surface area contributed by atoms with Crippen molar-refractivity contribution in [3.63, 3.8) is 0 Å². The van der Waals surface area contributed by atoms with E-state index >= 15 is 0 Å². The van der Waals surface area contributed by atoms with Crippen LogP contribution in [0.2, 0.25) is 0 Å². The van der Waals surface area contributed by atoms with Gasteiger partial charge in [-0.2, -0.15) is 0 Å². The van der Waals surface area contributed by atoms with E-state index in [4.69, 9.17) is 5.73 Å². The first-order valence-corrected chi connectivity index (χ1v) is 3.35. The Hall–Kier alpha value is -1.51. The van der Waals surface area contributed by atoms with Crippen molar-refractivity contribution in [1.82, 2.24) is 5.32 Å². The van der Waals surface area contributed by atoms with Crippen LogP contribution in [0.25, 0.3) is 0 Å². The number of hydrogen-bond acceptors (Lipinski definition) is 2. The van der Waals surface area contributed by atoms with Crippen LogP contribution < -0.4 is 11.1 Å². The van der Waals surface area contributed by atoms with Gasteiger partial charge in [-0.25, -0.2) is 0 Å². The van der Waals surface area contributed by atoms with Crippen LogP contribution in [0.15, 0.2) is 24.3 Å². The first-order valence-electron chi connectivity index (χ1n) is 3.35. The summed E-state index contributed by atoms with van der Waals surface area (Å²) >= 11 is 0. The predicted octanol–water partition coefficient (Wildman–Crippen LogP) is 0.515. The molecule has 0 aliphatic heterocycles. The molecule has 0 spiro atoms. The molecule has 0 radical (unpaired) electrons. The molecule has 1 rings (SSSR count). The van der Waals surface area contributed by atoms with Crippen molar-refractivity contribution in [2.45, 2.75) is 6.54 Å². The Bertz CT molecular complexity index is 248. The number of nitrogens with one attached hydrogen (secondary N) is 1. The second-order valence-corrected chi connectivity index (χ2v) is 2.20. The maximum Gasteiger partial charge on any atom is 0.207 e. The number of nitrogens with two attached hydrogens (primary N) is 1. The molecule has 58 valence electrons. The largest absolute Gasteiger partial charge is 0.398 e. The normalized spacial score (nSPS) is 9.09. The van der Waals surface area contributed by atoms with Gasteiger partial charge in [-0.15, -0.1) is 0 Å². The van der Waals surface area contributed by atoms with Gasteiger partial charge in [0.2, 0.25) is 6.41 Å². The Kier molecular flexibility index (Phi) is 2.49. The highest BCUT2D eigenvalue weighted by molar-refractivity contribution is 5.50. The molecule has 3 nitrogen and oxygen atoms in total. The van der Waals surface area contributed by atoms with Crippen molar-refractivity contribution in [2.75, 3.05) is 5.73 Å². The van der Waals surface area contributed by atoms with E-state index in [1.54, 1.807) is 0 Å². The van der Waals surface area contributed by atoms with E-state index in [0.29, 0.717) is 18.6 Å². The van der Waals surface area contributed by atoms with Crippen molar-refractivity contribution in [3.8, 4) is 0 Å². The summed E-state index contributed by atoms with van der Waals surface area (Å²) in [6, 6.07) is 7.44. The lowest BCUT2D eigenvalue weighted by Crippen LogP contribution is -2.11. The smallest absolute Gasteiger partial charge is 0.207 e. The van der Waals surface area contributed by atoms with Crippen LogP contribution in [0.5, 0.6) is 0 Å². The first kappa shape index (κ1) is 7.60. The molecule has 0 bridgehead atoms. The first-order chi connectivity index (χ1) is 5.34. The highest BCUT2D eigenvalue weighted by atomic mass is 16.1. The molecule has 0 heterocycles. The molecule has 0 aliphatic rings. The number of amides is 1. The maximum absolute atomic E-state index is 9.94. The average molecular weight is 150 g/mol. The molecule has 1 aromatic rings. The molecule has 3 N–H and O–H groups in total. The highest BCUT2D eigenvalue weighted by Gasteiger charge is 1.93. The van der Waals surface area contributed by atoms with Crippen LogP contribution >= 0.6 is 0 Å². The molecule has 0 unspecified atom stereocenters. The summed E-state index contributed by atoms with van der Waals surface area (Å²) in [6.07, 6.45) is 0.659. The molecular formula is C8H10N2O. The van der Waals surface area contributed by atoms with E-state index in [9.17, 15) is 4.79 Å². The van der Waals surface area contributed by atoms with Crippen molar-refractivity contribution in [2.24, 2.45) is 0 Å². The molecule has 0 aliphatic carbocycles. The van der Waals surface area contributed by atoms with E-state index in [1.165, 1.54) is 0 Å². The number of anilines is 1. The van der Waals surface area contributed by atoms with Crippen LogP contribution in [0.3, 0.4) is 0 Å². The lowest BCUT2D eigenvalue weighted by molar-refractivity contribution is -0.109. The van der Waals surface area contributed by atoms with Gasteiger partial charge in [0.1, 0.15) is 0 Å². The molecule has 0 fully saturated rings. The van der Waals surface area contributed by atoms with Gasteiger partial charge in [0.25, 0.3) is 0 Å². The van der Waals surface area contributed by atoms with Crippen LogP contribution in [0.4, 0.5) is 5.69 Å². The minimum atomic E-state index is 0.496. The monoisotopic (exact) mass is 150 g/mol. The quantitative estimate of drug-likeness (QED) is 0.487. The summed E-state index contributed by atoms with van der Waals surface area (Å²) in [6.45, 7) is 0.496. The minimum absolute atomic E-state index is 0.496. The number of hydrogen-bond donors (Lipinski definition) is 2. The fourth-order valence-corrected chi connectivity index (χ4v) is 0.847. The van der Waals surface area contributed by atoms with Crippen molar-refractivity contribution in [1.29, 1.82) is 0 Å². The summed E-state index contributed by atoms with van der Waals surface area (Å²) in [5, 5.41) is 2.54. The molecule has 0 atom stereocenters. The van der Waals surface area contributed by atoms with E-state index in [2.05, 4.69) is 5.32 Å². The number of benzene rings is 1. The van der Waals surface area contributed by atoms with Gasteiger partial charge in [0.15, 0.2) is 0 Å². The molecular weight excluding hydrogens is 140 g/mol. The summed E-state index contributed by atoms with van der Waals surface area (Å²) in [5.41, 5.74) is 7.26. The van der Waals surface area contributed by atoms with Gasteiger partial charge in [0.05, 0.1) is 0 Å². The number of para-hydroxylation sites is 1. The van der Waals surface area contributed by atoms with Crippen LogP contribution in [0.1, 0.15) is 5.56 Å². The molecule has 1 amide bonds. The van der Waals surface area contributed by atoms with Crippen molar-refractivity contribution >= 4 is 12.1 Å². The zero-order valence-corrected chi connectivity index (χ0v) is 6.08. The van der Waals surface area contributed by atoms with Gasteiger partial charge in [-0.3, -0.25) is 4.79 Å². The maximum atomic E-state index is 9.94. The van der Waals surface area contributed by atoms with Gasteiger partial charge < -0.3 is 11.1 Å². The third kappa shape index (κ3) is 1.97. The fourth-order valence-electron chi connectivity index (χ4n) is 0.847. The molecule has 0 saturated heterocycles. The Labute approximate surface area is 65.2 Å². The van der Waals surface area contributed by atoms with Crippen LogP contribution in [-0.2, 0) is 11.3 Å². The van der Waals surface area contributed by atoms with Crippen LogP contribution in [0, 0.1) is 0 Å². The molecule has 0 saturated carbocycles. The van der Waals surface area contributed by atoms with E-state index in [0.717, 1.165) is 5.56 Å². The second kappa shape index (κ2) is 3.61.